The maximum absolute atomic E-state index is 13.7. The van der Waals surface area contributed by atoms with Gasteiger partial charge < -0.3 is 15.4 Å². The molecular formula is C24H31N3O5. The first-order valence-corrected chi connectivity index (χ1v) is 11.5. The normalized spacial score (nSPS) is 26.7. The lowest BCUT2D eigenvalue weighted by molar-refractivity contribution is -0.143. The Morgan fingerprint density at radius 2 is 1.78 bits per heavy atom. The van der Waals surface area contributed by atoms with Crippen molar-refractivity contribution >= 4 is 23.6 Å². The summed E-state index contributed by atoms with van der Waals surface area (Å²) in [5.41, 5.74) is -0.644. The van der Waals surface area contributed by atoms with Crippen molar-refractivity contribution in [2.45, 2.75) is 75.3 Å². The topological polar surface area (TPSA) is 105 Å². The van der Waals surface area contributed by atoms with Crippen molar-refractivity contribution in [3.63, 3.8) is 0 Å². The fourth-order valence-corrected chi connectivity index (χ4v) is 5.27. The van der Waals surface area contributed by atoms with Crippen LogP contribution in [0.15, 0.2) is 24.3 Å². The standard InChI is InChI=1S/C24H31N3O5/c1-32-18-11-9-16(10-12-18)24(14-20(28)26-19-8-4-5-13-25-22(19)30)15-21(29)27(23(24)31)17-6-2-3-7-17/h9-12,17,19H,2-8,13-15H2,1H3,(H,25,30)(H,26,28)/t19-,24?/m0/s1. The molecule has 0 bridgehead atoms. The monoisotopic (exact) mass is 441 g/mol. The molecule has 32 heavy (non-hydrogen) atoms. The highest BCUT2D eigenvalue weighted by atomic mass is 16.5. The van der Waals surface area contributed by atoms with E-state index in [4.69, 9.17) is 4.74 Å². The number of nitrogens with one attached hydrogen (secondary N) is 2. The third-order valence-electron chi connectivity index (χ3n) is 7.02. The third kappa shape index (κ3) is 4.23. The van der Waals surface area contributed by atoms with Gasteiger partial charge in [0.1, 0.15) is 11.8 Å². The summed E-state index contributed by atoms with van der Waals surface area (Å²) in [5.74, 6) is -0.487. The molecule has 1 unspecified atom stereocenters. The molecule has 1 aromatic rings. The lowest BCUT2D eigenvalue weighted by Crippen LogP contribution is -2.49. The van der Waals surface area contributed by atoms with E-state index in [1.54, 1.807) is 31.4 Å². The van der Waals surface area contributed by atoms with Gasteiger partial charge in [0.05, 0.1) is 12.5 Å². The van der Waals surface area contributed by atoms with Gasteiger partial charge in [-0.25, -0.2) is 0 Å². The van der Waals surface area contributed by atoms with Crippen LogP contribution in [0.25, 0.3) is 0 Å². The molecule has 3 fully saturated rings. The van der Waals surface area contributed by atoms with Gasteiger partial charge >= 0.3 is 0 Å². The number of amides is 4. The number of rotatable bonds is 6. The quantitative estimate of drug-likeness (QED) is 0.655. The van der Waals surface area contributed by atoms with Crippen LogP contribution in [0.2, 0.25) is 0 Å². The summed E-state index contributed by atoms with van der Waals surface area (Å²) in [6.45, 7) is 0.602. The number of hydrogen-bond donors (Lipinski definition) is 2. The van der Waals surface area contributed by atoms with E-state index < -0.39 is 17.4 Å². The zero-order valence-corrected chi connectivity index (χ0v) is 18.5. The summed E-state index contributed by atoms with van der Waals surface area (Å²) >= 11 is 0. The van der Waals surface area contributed by atoms with Crippen LogP contribution in [-0.2, 0) is 24.6 Å². The second-order valence-corrected chi connectivity index (χ2v) is 9.08. The average Bonchev–Trinajstić information content (AvgIpc) is 3.33. The minimum absolute atomic E-state index is 0.0427. The zero-order valence-electron chi connectivity index (χ0n) is 18.5. The van der Waals surface area contributed by atoms with Gasteiger partial charge in [0, 0.05) is 25.4 Å². The Kier molecular flexibility index (Phi) is 6.48. The van der Waals surface area contributed by atoms with E-state index in [-0.39, 0.29) is 36.6 Å². The Balaban J connectivity index is 1.62. The molecule has 0 spiro atoms. The minimum Gasteiger partial charge on any atom is -0.497 e. The number of carbonyl (C=O) groups is 4. The average molecular weight is 442 g/mol. The molecule has 2 N–H and O–H groups in total. The number of benzene rings is 1. The number of methoxy groups -OCH3 is 1. The third-order valence-corrected chi connectivity index (χ3v) is 7.02. The molecule has 1 aliphatic carbocycles. The molecule has 172 valence electrons. The summed E-state index contributed by atoms with van der Waals surface area (Å²) in [7, 11) is 1.56. The number of carbonyl (C=O) groups excluding carboxylic acids is 4. The van der Waals surface area contributed by atoms with Gasteiger partial charge in [-0.05, 0) is 49.8 Å². The zero-order chi connectivity index (χ0) is 22.7. The summed E-state index contributed by atoms with van der Waals surface area (Å²) < 4.78 is 5.23. The van der Waals surface area contributed by atoms with Gasteiger partial charge in [0.25, 0.3) is 0 Å². The Morgan fingerprint density at radius 3 is 2.47 bits per heavy atom. The molecule has 2 heterocycles. The molecule has 3 aliphatic rings. The smallest absolute Gasteiger partial charge is 0.242 e. The minimum atomic E-state index is -1.27. The lowest BCUT2D eigenvalue weighted by atomic mass is 9.75. The predicted molar refractivity (Wildman–Crippen MR) is 117 cm³/mol. The van der Waals surface area contributed by atoms with Crippen molar-refractivity contribution in [1.29, 1.82) is 0 Å². The van der Waals surface area contributed by atoms with Crippen LogP contribution in [0.3, 0.4) is 0 Å². The maximum atomic E-state index is 13.7. The number of nitrogens with zero attached hydrogens (tertiary/aromatic N) is 1. The first-order chi connectivity index (χ1) is 15.4. The van der Waals surface area contributed by atoms with Crippen LogP contribution in [0, 0.1) is 0 Å². The molecule has 4 rings (SSSR count). The van der Waals surface area contributed by atoms with E-state index in [0.717, 1.165) is 38.5 Å². The molecule has 8 heteroatoms. The number of likely N-dealkylation sites (tertiary alicyclic amines) is 1. The Hall–Kier alpha value is -2.90. The van der Waals surface area contributed by atoms with Crippen LogP contribution in [-0.4, -0.2) is 54.3 Å². The number of hydrogen-bond acceptors (Lipinski definition) is 5. The fraction of sp³-hybridized carbons (Fsp3) is 0.583. The van der Waals surface area contributed by atoms with E-state index in [1.165, 1.54) is 4.90 Å². The molecule has 2 atom stereocenters. The largest absolute Gasteiger partial charge is 0.497 e. The highest BCUT2D eigenvalue weighted by Crippen LogP contribution is 2.43. The van der Waals surface area contributed by atoms with Crippen LogP contribution < -0.4 is 15.4 Å². The van der Waals surface area contributed by atoms with Gasteiger partial charge in [-0.3, -0.25) is 24.1 Å². The predicted octanol–water partition coefficient (Wildman–Crippen LogP) is 1.81. The molecule has 2 saturated heterocycles. The molecular weight excluding hydrogens is 410 g/mol. The van der Waals surface area contributed by atoms with Gasteiger partial charge in [-0.2, -0.15) is 0 Å². The van der Waals surface area contributed by atoms with Crippen molar-refractivity contribution in [3.05, 3.63) is 29.8 Å². The molecule has 4 amide bonds. The summed E-state index contributed by atoms with van der Waals surface area (Å²) in [5, 5.41) is 5.63. The highest BCUT2D eigenvalue weighted by Gasteiger charge is 2.55. The van der Waals surface area contributed by atoms with Gasteiger partial charge in [-0.15, -0.1) is 0 Å². The molecule has 8 nitrogen and oxygen atoms in total. The van der Waals surface area contributed by atoms with E-state index in [0.29, 0.717) is 24.3 Å². The van der Waals surface area contributed by atoms with Crippen molar-refractivity contribution in [2.75, 3.05) is 13.7 Å². The fourth-order valence-electron chi connectivity index (χ4n) is 5.27. The van der Waals surface area contributed by atoms with Crippen molar-refractivity contribution in [3.8, 4) is 5.75 Å². The molecule has 1 saturated carbocycles. The summed E-state index contributed by atoms with van der Waals surface area (Å²) in [6, 6.07) is 6.29. The van der Waals surface area contributed by atoms with Crippen LogP contribution in [0.4, 0.5) is 0 Å². The van der Waals surface area contributed by atoms with Crippen molar-refractivity contribution < 1.29 is 23.9 Å². The van der Waals surface area contributed by atoms with Crippen LogP contribution in [0.1, 0.15) is 63.4 Å². The van der Waals surface area contributed by atoms with Crippen molar-refractivity contribution in [1.82, 2.24) is 15.5 Å². The maximum Gasteiger partial charge on any atom is 0.242 e. The molecule has 1 aromatic carbocycles. The van der Waals surface area contributed by atoms with E-state index in [1.807, 2.05) is 0 Å². The Morgan fingerprint density at radius 1 is 1.09 bits per heavy atom. The van der Waals surface area contributed by atoms with E-state index >= 15 is 0 Å². The Labute approximate surface area is 188 Å². The first-order valence-electron chi connectivity index (χ1n) is 11.5. The van der Waals surface area contributed by atoms with Gasteiger partial charge in [0.15, 0.2) is 0 Å². The second kappa shape index (κ2) is 9.30. The highest BCUT2D eigenvalue weighted by molar-refractivity contribution is 6.11. The number of ether oxygens (including phenoxy) is 1. The summed E-state index contributed by atoms with van der Waals surface area (Å²) in [6.07, 6.45) is 5.67. The van der Waals surface area contributed by atoms with E-state index in [9.17, 15) is 19.2 Å². The first kappa shape index (κ1) is 22.3. The molecule has 0 aromatic heterocycles. The number of imide groups is 1. The van der Waals surface area contributed by atoms with Crippen molar-refractivity contribution in [2.24, 2.45) is 0 Å². The van der Waals surface area contributed by atoms with Gasteiger partial charge in [0.2, 0.25) is 23.6 Å². The Bertz CT molecular complexity index is 893. The molecule has 2 aliphatic heterocycles. The SMILES string of the molecule is COc1ccc(C2(CC(=O)N[C@H]3CCCCNC3=O)CC(=O)N(C3CCCC3)C2=O)cc1. The van der Waals surface area contributed by atoms with Gasteiger partial charge in [-0.1, -0.05) is 25.0 Å². The van der Waals surface area contributed by atoms with E-state index in [2.05, 4.69) is 10.6 Å². The molecule has 0 radical (unpaired) electrons. The van der Waals surface area contributed by atoms with Crippen LogP contribution in [0.5, 0.6) is 5.75 Å². The summed E-state index contributed by atoms with van der Waals surface area (Å²) in [4.78, 5) is 53.6. The lowest BCUT2D eigenvalue weighted by Gasteiger charge is -2.29. The van der Waals surface area contributed by atoms with Crippen LogP contribution >= 0.6 is 0 Å². The second-order valence-electron chi connectivity index (χ2n) is 9.08.